The van der Waals surface area contributed by atoms with E-state index >= 15 is 0 Å². The van der Waals surface area contributed by atoms with E-state index in [4.69, 9.17) is 11.6 Å². The zero-order chi connectivity index (χ0) is 12.6. The lowest BCUT2D eigenvalue weighted by molar-refractivity contribution is 0.497. The van der Waals surface area contributed by atoms with Gasteiger partial charge in [0.25, 0.3) is 10.0 Å². The highest BCUT2D eigenvalue weighted by Gasteiger charge is 2.27. The van der Waals surface area contributed by atoms with Crippen LogP contribution in [0.2, 0.25) is 0 Å². The van der Waals surface area contributed by atoms with E-state index in [1.165, 1.54) is 11.3 Å². The van der Waals surface area contributed by atoms with E-state index in [2.05, 4.69) is 20.7 Å². The van der Waals surface area contributed by atoms with Crippen molar-refractivity contribution in [1.82, 2.24) is 4.72 Å². The molecule has 0 unspecified atom stereocenters. The second kappa shape index (κ2) is 4.94. The van der Waals surface area contributed by atoms with Crippen LogP contribution in [0.3, 0.4) is 0 Å². The summed E-state index contributed by atoms with van der Waals surface area (Å²) in [6, 6.07) is 1.64. The Hall–Kier alpha value is 0.380. The maximum absolute atomic E-state index is 12.0. The Labute approximate surface area is 113 Å². The van der Waals surface area contributed by atoms with Crippen LogP contribution >= 0.6 is 38.9 Å². The average molecular weight is 347 g/mol. The van der Waals surface area contributed by atoms with Crippen LogP contribution in [-0.2, 0) is 10.0 Å². The standard InChI is InChI=1S/C9H13BrClNO2S2/c1-6-4-7(15-8(6)10)16(13,14)12-9(2,3)5-11/h4,12H,5H2,1-3H3. The zero-order valence-electron chi connectivity index (χ0n) is 9.17. The summed E-state index contributed by atoms with van der Waals surface area (Å²) >= 11 is 10.2. The van der Waals surface area contributed by atoms with Gasteiger partial charge in [0.2, 0.25) is 0 Å². The quantitative estimate of drug-likeness (QED) is 0.851. The Morgan fingerprint density at radius 1 is 1.56 bits per heavy atom. The number of aryl methyl sites for hydroxylation is 1. The van der Waals surface area contributed by atoms with Crippen molar-refractivity contribution >= 4 is 48.9 Å². The fourth-order valence-corrected chi connectivity index (χ4v) is 4.79. The summed E-state index contributed by atoms with van der Waals surface area (Å²) in [7, 11) is -3.48. The minimum absolute atomic E-state index is 0.220. The zero-order valence-corrected chi connectivity index (χ0v) is 13.1. The Bertz CT molecular complexity index is 462. The van der Waals surface area contributed by atoms with Gasteiger partial charge in [-0.15, -0.1) is 22.9 Å². The Morgan fingerprint density at radius 3 is 2.50 bits per heavy atom. The van der Waals surface area contributed by atoms with E-state index in [-0.39, 0.29) is 5.88 Å². The van der Waals surface area contributed by atoms with Crippen LogP contribution in [0.15, 0.2) is 14.1 Å². The first-order chi connectivity index (χ1) is 7.18. The molecule has 3 nitrogen and oxygen atoms in total. The average Bonchev–Trinajstić information content (AvgIpc) is 2.46. The van der Waals surface area contributed by atoms with Crippen LogP contribution in [0.4, 0.5) is 0 Å². The number of halogens is 2. The van der Waals surface area contributed by atoms with E-state index in [9.17, 15) is 8.42 Å². The molecular weight excluding hydrogens is 334 g/mol. The highest BCUT2D eigenvalue weighted by molar-refractivity contribution is 9.11. The van der Waals surface area contributed by atoms with Crippen molar-refractivity contribution in [2.24, 2.45) is 0 Å². The Kier molecular flexibility index (Phi) is 4.46. The summed E-state index contributed by atoms with van der Waals surface area (Å²) < 4.78 is 27.7. The van der Waals surface area contributed by atoms with Crippen LogP contribution in [-0.4, -0.2) is 19.8 Å². The molecule has 0 saturated heterocycles. The molecule has 0 atom stereocenters. The van der Waals surface area contributed by atoms with Crippen molar-refractivity contribution in [3.63, 3.8) is 0 Å². The van der Waals surface area contributed by atoms with Crippen molar-refractivity contribution < 1.29 is 8.42 Å². The molecule has 16 heavy (non-hydrogen) atoms. The van der Waals surface area contributed by atoms with Gasteiger partial charge in [0.05, 0.1) is 3.79 Å². The highest BCUT2D eigenvalue weighted by atomic mass is 79.9. The molecule has 0 aliphatic rings. The fourth-order valence-electron chi connectivity index (χ4n) is 1.01. The van der Waals surface area contributed by atoms with Gasteiger partial charge in [-0.3, -0.25) is 0 Å². The summed E-state index contributed by atoms with van der Waals surface area (Å²) in [6.07, 6.45) is 0. The predicted octanol–water partition coefficient (Wildman–Crippen LogP) is 3.11. The predicted molar refractivity (Wildman–Crippen MR) is 71.9 cm³/mol. The maximum Gasteiger partial charge on any atom is 0.250 e. The largest absolute Gasteiger partial charge is 0.250 e. The third-order valence-electron chi connectivity index (χ3n) is 1.84. The van der Waals surface area contributed by atoms with Gasteiger partial charge in [-0.2, -0.15) is 0 Å². The fraction of sp³-hybridized carbons (Fsp3) is 0.556. The molecule has 0 radical (unpaired) electrons. The number of hydrogen-bond donors (Lipinski definition) is 1. The van der Waals surface area contributed by atoms with Crippen molar-refractivity contribution in [3.05, 3.63) is 15.4 Å². The Morgan fingerprint density at radius 2 is 2.12 bits per heavy atom. The molecule has 1 aromatic heterocycles. The molecule has 0 saturated carbocycles. The Balaban J connectivity index is 3.04. The number of sulfonamides is 1. The van der Waals surface area contributed by atoms with Crippen molar-refractivity contribution in [1.29, 1.82) is 0 Å². The minimum Gasteiger partial charge on any atom is -0.206 e. The topological polar surface area (TPSA) is 46.2 Å². The third-order valence-corrected chi connectivity index (χ3v) is 6.82. The molecule has 0 amide bonds. The molecule has 0 fully saturated rings. The molecule has 1 N–H and O–H groups in total. The molecule has 0 aromatic carbocycles. The molecule has 0 aliphatic heterocycles. The lowest BCUT2D eigenvalue weighted by atomic mass is 10.1. The number of nitrogens with one attached hydrogen (secondary N) is 1. The van der Waals surface area contributed by atoms with Gasteiger partial charge in [-0.25, -0.2) is 13.1 Å². The SMILES string of the molecule is Cc1cc(S(=O)(=O)NC(C)(C)CCl)sc1Br. The lowest BCUT2D eigenvalue weighted by Gasteiger charge is -2.22. The van der Waals surface area contributed by atoms with E-state index < -0.39 is 15.6 Å². The summed E-state index contributed by atoms with van der Waals surface area (Å²) in [5.41, 5.74) is 0.263. The molecule has 92 valence electrons. The van der Waals surface area contributed by atoms with Crippen LogP contribution in [0.1, 0.15) is 19.4 Å². The van der Waals surface area contributed by atoms with Crippen molar-refractivity contribution in [2.45, 2.75) is 30.5 Å². The van der Waals surface area contributed by atoms with Gasteiger partial charge < -0.3 is 0 Å². The molecule has 0 spiro atoms. The highest BCUT2D eigenvalue weighted by Crippen LogP contribution is 2.31. The molecule has 1 rings (SSSR count). The first-order valence-electron chi connectivity index (χ1n) is 4.54. The first-order valence-corrected chi connectivity index (χ1v) is 8.16. The van der Waals surface area contributed by atoms with E-state index in [1.807, 2.05) is 6.92 Å². The van der Waals surface area contributed by atoms with Crippen LogP contribution < -0.4 is 4.72 Å². The van der Waals surface area contributed by atoms with Crippen LogP contribution in [0, 0.1) is 6.92 Å². The molecular formula is C9H13BrClNO2S2. The minimum atomic E-state index is -3.48. The van der Waals surface area contributed by atoms with E-state index in [0.717, 1.165) is 9.35 Å². The van der Waals surface area contributed by atoms with Gasteiger partial charge in [-0.1, -0.05) is 0 Å². The van der Waals surface area contributed by atoms with Crippen molar-refractivity contribution in [3.8, 4) is 0 Å². The summed E-state index contributed by atoms with van der Waals surface area (Å²) in [4.78, 5) is 0. The molecule has 0 aliphatic carbocycles. The second-order valence-corrected chi connectivity index (χ2v) is 8.69. The molecule has 1 heterocycles. The van der Waals surface area contributed by atoms with Gasteiger partial charge in [0.1, 0.15) is 4.21 Å². The summed E-state index contributed by atoms with van der Waals surface area (Å²) in [5, 5.41) is 0. The summed E-state index contributed by atoms with van der Waals surface area (Å²) in [6.45, 7) is 5.34. The van der Waals surface area contributed by atoms with Crippen molar-refractivity contribution in [2.75, 3.05) is 5.88 Å². The molecule has 7 heteroatoms. The van der Waals surface area contributed by atoms with E-state index in [0.29, 0.717) is 4.21 Å². The van der Waals surface area contributed by atoms with Crippen LogP contribution in [0.5, 0.6) is 0 Å². The molecule has 0 bridgehead atoms. The number of rotatable bonds is 4. The maximum atomic E-state index is 12.0. The number of alkyl halides is 1. The van der Waals surface area contributed by atoms with Gasteiger partial charge in [0, 0.05) is 11.4 Å². The smallest absolute Gasteiger partial charge is 0.206 e. The lowest BCUT2D eigenvalue weighted by Crippen LogP contribution is -2.44. The van der Waals surface area contributed by atoms with Gasteiger partial charge in [-0.05, 0) is 48.3 Å². The first kappa shape index (κ1) is 14.4. The monoisotopic (exact) mass is 345 g/mol. The summed E-state index contributed by atoms with van der Waals surface area (Å²) in [5.74, 6) is 0.220. The van der Waals surface area contributed by atoms with Gasteiger partial charge >= 0.3 is 0 Å². The number of thiophene rings is 1. The normalized spacial score (nSPS) is 13.1. The van der Waals surface area contributed by atoms with E-state index in [1.54, 1.807) is 19.9 Å². The molecule has 1 aromatic rings. The van der Waals surface area contributed by atoms with Gasteiger partial charge in [0.15, 0.2) is 0 Å². The third kappa shape index (κ3) is 3.43. The van der Waals surface area contributed by atoms with Crippen LogP contribution in [0.25, 0.3) is 0 Å². The number of hydrogen-bond acceptors (Lipinski definition) is 3. The second-order valence-electron chi connectivity index (χ2n) is 4.15.